The van der Waals surface area contributed by atoms with Crippen LogP contribution in [0.2, 0.25) is 0 Å². The third-order valence-corrected chi connectivity index (χ3v) is 5.37. The molecule has 2 saturated carbocycles. The average Bonchev–Trinajstić information content (AvgIpc) is 3.25. The minimum absolute atomic E-state index is 0.607. The van der Waals surface area contributed by atoms with Crippen LogP contribution in [0.4, 0.5) is 0 Å². The zero-order valence-corrected chi connectivity index (χ0v) is 14.9. The average molecular weight is 324 g/mol. The second-order valence-electron chi connectivity index (χ2n) is 7.22. The lowest BCUT2D eigenvalue weighted by Crippen LogP contribution is -2.16. The smallest absolute Gasteiger partial charge is 0.144 e. The Morgan fingerprint density at radius 1 is 0.917 bits per heavy atom. The maximum Gasteiger partial charge on any atom is 0.144 e. The van der Waals surface area contributed by atoms with Crippen LogP contribution < -0.4 is 5.59 Å². The van der Waals surface area contributed by atoms with Gasteiger partial charge in [-0.25, -0.2) is 0 Å². The van der Waals surface area contributed by atoms with Gasteiger partial charge in [-0.15, -0.1) is 0 Å². The van der Waals surface area contributed by atoms with E-state index in [0.29, 0.717) is 17.7 Å². The molecular weight excluding hydrogens is 295 g/mol. The van der Waals surface area contributed by atoms with Gasteiger partial charge < -0.3 is 0 Å². The summed E-state index contributed by atoms with van der Waals surface area (Å²) in [5, 5.41) is 8.58. The molecule has 2 aromatic heterocycles. The molecule has 0 saturated heterocycles. The normalized spacial score (nSPS) is 19.7. The second-order valence-corrected chi connectivity index (χ2v) is 7.22. The molecule has 2 heterocycles. The van der Waals surface area contributed by atoms with E-state index >= 15 is 0 Å². The molecule has 5 heteroatoms. The number of rotatable bonds is 2. The molecule has 4 rings (SSSR count). The Morgan fingerprint density at radius 3 is 2.04 bits per heavy atom. The highest BCUT2D eigenvalue weighted by Crippen LogP contribution is 2.28. The summed E-state index contributed by atoms with van der Waals surface area (Å²) >= 11 is 0. The van der Waals surface area contributed by atoms with Gasteiger partial charge in [-0.2, -0.15) is 10.2 Å². The molecule has 128 valence electrons. The number of nitrogens with zero attached hydrogens (tertiary/aromatic N) is 4. The van der Waals surface area contributed by atoms with Crippen LogP contribution in [0, 0.1) is 6.92 Å². The summed E-state index contributed by atoms with van der Waals surface area (Å²) in [4.78, 5) is 0. The lowest BCUT2D eigenvalue weighted by molar-refractivity contribution is 0.325. The Kier molecular flexibility index (Phi) is 6.16. The maximum atomic E-state index is 5.55. The summed E-state index contributed by atoms with van der Waals surface area (Å²) in [5.74, 6) is 0. The van der Waals surface area contributed by atoms with Gasteiger partial charge in [-0.05, 0) is 44.7 Å². The van der Waals surface area contributed by atoms with Gasteiger partial charge in [-0.3, -0.25) is 9.36 Å². The second kappa shape index (κ2) is 8.54. The van der Waals surface area contributed by atoms with Crippen molar-refractivity contribution in [1.29, 1.82) is 0 Å². The van der Waals surface area contributed by atoms with Gasteiger partial charge in [-0.1, -0.05) is 38.5 Å². The number of aromatic nitrogens is 4. The summed E-state index contributed by atoms with van der Waals surface area (Å²) in [7, 11) is 5.55. The number of aryl methyl sites for hydroxylation is 1. The fraction of sp³-hybridized carbons (Fsp3) is 0.684. The van der Waals surface area contributed by atoms with Crippen LogP contribution in [0.25, 0.3) is 0 Å². The lowest BCUT2D eigenvalue weighted by Gasteiger charge is -2.23. The Balaban J connectivity index is 0.000000141. The van der Waals surface area contributed by atoms with Gasteiger partial charge in [0.1, 0.15) is 7.85 Å². The van der Waals surface area contributed by atoms with Crippen LogP contribution in [-0.2, 0) is 0 Å². The third kappa shape index (κ3) is 4.52. The van der Waals surface area contributed by atoms with E-state index in [9.17, 15) is 0 Å². The van der Waals surface area contributed by atoms with Gasteiger partial charge in [0.2, 0.25) is 0 Å². The molecule has 0 atom stereocenters. The molecule has 2 fully saturated rings. The number of hydrogen-bond donors (Lipinski definition) is 0. The topological polar surface area (TPSA) is 35.6 Å². The predicted molar refractivity (Wildman–Crippen MR) is 98.8 cm³/mol. The third-order valence-electron chi connectivity index (χ3n) is 5.37. The zero-order valence-electron chi connectivity index (χ0n) is 14.9. The zero-order chi connectivity index (χ0) is 16.8. The van der Waals surface area contributed by atoms with E-state index in [-0.39, 0.29) is 0 Å². The summed E-state index contributed by atoms with van der Waals surface area (Å²) in [5.41, 5.74) is 1.95. The first-order valence-corrected chi connectivity index (χ1v) is 9.55. The van der Waals surface area contributed by atoms with E-state index in [2.05, 4.69) is 27.9 Å². The highest BCUT2D eigenvalue weighted by Gasteiger charge is 2.16. The van der Waals surface area contributed by atoms with Crippen LogP contribution in [-0.4, -0.2) is 27.4 Å². The molecule has 0 N–H and O–H groups in total. The molecule has 0 aliphatic heterocycles. The van der Waals surface area contributed by atoms with Gasteiger partial charge in [0.15, 0.2) is 0 Å². The van der Waals surface area contributed by atoms with E-state index in [1.807, 2.05) is 23.1 Å². The van der Waals surface area contributed by atoms with Crippen molar-refractivity contribution in [2.45, 2.75) is 83.2 Å². The van der Waals surface area contributed by atoms with E-state index in [1.54, 1.807) is 0 Å². The minimum atomic E-state index is 0.607. The fourth-order valence-corrected chi connectivity index (χ4v) is 3.99. The van der Waals surface area contributed by atoms with Gasteiger partial charge in [0, 0.05) is 23.7 Å². The monoisotopic (exact) mass is 324 g/mol. The molecule has 2 aliphatic carbocycles. The summed E-state index contributed by atoms with van der Waals surface area (Å²) < 4.78 is 4.22. The quantitative estimate of drug-likeness (QED) is 0.786. The Morgan fingerprint density at radius 2 is 1.54 bits per heavy atom. The molecule has 2 radical (unpaired) electrons. The minimum Gasteiger partial charge on any atom is -0.270 e. The van der Waals surface area contributed by atoms with Crippen LogP contribution in [0.1, 0.15) is 82.0 Å². The van der Waals surface area contributed by atoms with Crippen molar-refractivity contribution in [3.63, 3.8) is 0 Å². The van der Waals surface area contributed by atoms with E-state index in [0.717, 1.165) is 0 Å². The molecule has 0 bridgehead atoms. The van der Waals surface area contributed by atoms with Crippen molar-refractivity contribution in [3.8, 4) is 0 Å². The van der Waals surface area contributed by atoms with Gasteiger partial charge in [0.25, 0.3) is 0 Å². The van der Waals surface area contributed by atoms with Crippen molar-refractivity contribution in [2.75, 3.05) is 0 Å². The first-order chi connectivity index (χ1) is 11.7. The van der Waals surface area contributed by atoms with Crippen molar-refractivity contribution in [1.82, 2.24) is 19.6 Å². The fourth-order valence-electron chi connectivity index (χ4n) is 3.99. The van der Waals surface area contributed by atoms with E-state index in [4.69, 9.17) is 7.85 Å². The van der Waals surface area contributed by atoms with Gasteiger partial charge >= 0.3 is 0 Å². The lowest BCUT2D eigenvalue weighted by atomic mass is 9.95. The number of hydrogen-bond acceptors (Lipinski definition) is 2. The largest absolute Gasteiger partial charge is 0.270 e. The SMILES string of the molecule is Cc1ccnn1C1CCCCC1.[B]c1ccn(C2CCCCC2)n1. The van der Waals surface area contributed by atoms with E-state index < -0.39 is 0 Å². The molecule has 4 nitrogen and oxygen atoms in total. The van der Waals surface area contributed by atoms with Crippen LogP contribution >= 0.6 is 0 Å². The van der Waals surface area contributed by atoms with Crippen molar-refractivity contribution >= 4 is 13.4 Å². The van der Waals surface area contributed by atoms with Crippen molar-refractivity contribution < 1.29 is 0 Å². The molecule has 2 aromatic rings. The Hall–Kier alpha value is -1.52. The Labute approximate surface area is 147 Å². The van der Waals surface area contributed by atoms with E-state index in [1.165, 1.54) is 69.9 Å². The highest BCUT2D eigenvalue weighted by molar-refractivity contribution is 6.30. The van der Waals surface area contributed by atoms with Crippen LogP contribution in [0.15, 0.2) is 24.5 Å². The van der Waals surface area contributed by atoms with Crippen molar-refractivity contribution in [2.24, 2.45) is 0 Å². The summed E-state index contributed by atoms with van der Waals surface area (Å²) in [6.45, 7) is 2.14. The molecule has 0 amide bonds. The first kappa shape index (κ1) is 17.3. The molecule has 0 aromatic carbocycles. The molecular formula is C19H29BN4. The highest BCUT2D eigenvalue weighted by atomic mass is 15.3. The summed E-state index contributed by atoms with van der Waals surface area (Å²) in [6.07, 6.45) is 17.3. The standard InChI is InChI=1S/C10H16N2.C9H13BN2/c1-9-7-8-11-12(9)10-5-3-2-4-6-10;10-9-6-7-12(11-9)8-4-2-1-3-5-8/h7-8,10H,2-6H2,1H3;6-8H,1-5H2. The summed E-state index contributed by atoms with van der Waals surface area (Å²) in [6, 6.07) is 5.26. The Bertz CT molecular complexity index is 606. The molecule has 0 unspecified atom stereocenters. The first-order valence-electron chi connectivity index (χ1n) is 9.55. The molecule has 0 spiro atoms. The van der Waals surface area contributed by atoms with Gasteiger partial charge in [0.05, 0.1) is 12.1 Å². The van der Waals surface area contributed by atoms with Crippen LogP contribution in [0.5, 0.6) is 0 Å². The maximum absolute atomic E-state index is 5.55. The predicted octanol–water partition coefficient (Wildman–Crippen LogP) is 3.88. The van der Waals surface area contributed by atoms with Crippen LogP contribution in [0.3, 0.4) is 0 Å². The molecule has 24 heavy (non-hydrogen) atoms. The van der Waals surface area contributed by atoms with Crippen molar-refractivity contribution in [3.05, 3.63) is 30.2 Å². The molecule has 2 aliphatic rings.